The molecule has 0 bridgehead atoms. The van der Waals surface area contributed by atoms with Gasteiger partial charge in [-0.05, 0) is 30.2 Å². The molecule has 9 nitrogen and oxygen atoms in total. The molecule has 0 N–H and O–H groups in total. The molecule has 0 saturated carbocycles. The number of nitro benzene ring substituents is 1. The van der Waals surface area contributed by atoms with Gasteiger partial charge >= 0.3 is 0 Å². The average Bonchev–Trinajstić information content (AvgIpc) is 3.39. The molecule has 0 aliphatic carbocycles. The smallest absolute Gasteiger partial charge is 0.269 e. The van der Waals surface area contributed by atoms with Gasteiger partial charge in [-0.15, -0.1) is 0 Å². The summed E-state index contributed by atoms with van der Waals surface area (Å²) in [6.07, 6.45) is 0.349. The highest BCUT2D eigenvalue weighted by atomic mass is 16.6. The van der Waals surface area contributed by atoms with Crippen LogP contribution in [-0.4, -0.2) is 39.0 Å². The van der Waals surface area contributed by atoms with E-state index in [1.807, 2.05) is 67.6 Å². The van der Waals surface area contributed by atoms with Crippen molar-refractivity contribution in [2.24, 2.45) is 0 Å². The van der Waals surface area contributed by atoms with E-state index in [1.165, 1.54) is 12.1 Å². The van der Waals surface area contributed by atoms with Crippen LogP contribution in [0.2, 0.25) is 0 Å². The first kappa shape index (κ1) is 24.7. The summed E-state index contributed by atoms with van der Waals surface area (Å²) in [5, 5.41) is 14.9. The standard InChI is InChI=1S/C27H26N4O5/c1-20(22-10-6-3-7-11-22)30(26(32)19-35-18-21-8-4-2-5-9-21)17-16-25-28-27(29-36-25)23-12-14-24(15-13-23)31(33)34/h2-15,20H,16-19H2,1H3/t20-/m1/s1. The minimum atomic E-state index is -0.464. The summed E-state index contributed by atoms with van der Waals surface area (Å²) in [5.41, 5.74) is 2.60. The van der Waals surface area contributed by atoms with Crippen LogP contribution in [0.25, 0.3) is 11.4 Å². The summed E-state index contributed by atoms with van der Waals surface area (Å²) in [7, 11) is 0. The van der Waals surface area contributed by atoms with Crippen molar-refractivity contribution in [3.8, 4) is 11.4 Å². The van der Waals surface area contributed by atoms with E-state index in [2.05, 4.69) is 10.1 Å². The normalized spacial score (nSPS) is 11.7. The molecule has 0 saturated heterocycles. The topological polar surface area (TPSA) is 112 Å². The second-order valence-corrected chi connectivity index (χ2v) is 8.22. The number of nitrogens with zero attached hydrogens (tertiary/aromatic N) is 4. The zero-order valence-electron chi connectivity index (χ0n) is 19.8. The van der Waals surface area contributed by atoms with Crippen LogP contribution in [0.5, 0.6) is 0 Å². The van der Waals surface area contributed by atoms with E-state index in [9.17, 15) is 14.9 Å². The highest BCUT2D eigenvalue weighted by Crippen LogP contribution is 2.22. The third-order valence-corrected chi connectivity index (χ3v) is 5.78. The van der Waals surface area contributed by atoms with Gasteiger partial charge in [-0.1, -0.05) is 65.8 Å². The number of aromatic nitrogens is 2. The second kappa shape index (κ2) is 11.9. The summed E-state index contributed by atoms with van der Waals surface area (Å²) in [6, 6.07) is 25.2. The molecule has 4 rings (SSSR count). The summed E-state index contributed by atoms with van der Waals surface area (Å²) in [6.45, 7) is 2.62. The Morgan fingerprint density at radius 3 is 2.36 bits per heavy atom. The van der Waals surface area contributed by atoms with E-state index >= 15 is 0 Å². The summed E-state index contributed by atoms with van der Waals surface area (Å²) in [5.74, 6) is 0.559. The quantitative estimate of drug-likeness (QED) is 0.217. The largest absolute Gasteiger partial charge is 0.367 e. The predicted molar refractivity (Wildman–Crippen MR) is 133 cm³/mol. The Balaban J connectivity index is 1.42. The van der Waals surface area contributed by atoms with Crippen molar-refractivity contribution in [2.75, 3.05) is 13.2 Å². The number of ether oxygens (including phenoxy) is 1. The number of amides is 1. The number of carbonyl (C=O) groups excluding carboxylic acids is 1. The van der Waals surface area contributed by atoms with Gasteiger partial charge in [-0.3, -0.25) is 14.9 Å². The van der Waals surface area contributed by atoms with Crippen LogP contribution in [0.1, 0.15) is 30.0 Å². The molecule has 9 heteroatoms. The Morgan fingerprint density at radius 1 is 1.03 bits per heavy atom. The fourth-order valence-corrected chi connectivity index (χ4v) is 3.78. The van der Waals surface area contributed by atoms with Gasteiger partial charge < -0.3 is 14.2 Å². The lowest BCUT2D eigenvalue weighted by Gasteiger charge is -2.29. The maximum absolute atomic E-state index is 13.2. The van der Waals surface area contributed by atoms with Crippen molar-refractivity contribution in [1.29, 1.82) is 0 Å². The molecule has 0 spiro atoms. The van der Waals surface area contributed by atoms with Gasteiger partial charge in [0.1, 0.15) is 6.61 Å². The molecule has 3 aromatic carbocycles. The molecule has 0 unspecified atom stereocenters. The molecule has 1 aromatic heterocycles. The molecule has 4 aromatic rings. The third-order valence-electron chi connectivity index (χ3n) is 5.78. The predicted octanol–water partition coefficient (Wildman–Crippen LogP) is 4.99. The molecule has 184 valence electrons. The number of nitro groups is 1. The maximum atomic E-state index is 13.2. The van der Waals surface area contributed by atoms with Crippen LogP contribution < -0.4 is 0 Å². The molecule has 1 atom stereocenters. The van der Waals surface area contributed by atoms with Crippen molar-refractivity contribution < 1.29 is 19.0 Å². The summed E-state index contributed by atoms with van der Waals surface area (Å²) < 4.78 is 11.1. The first-order valence-corrected chi connectivity index (χ1v) is 11.5. The van der Waals surface area contributed by atoms with Crippen molar-refractivity contribution in [2.45, 2.75) is 26.0 Å². The molecule has 0 fully saturated rings. The minimum Gasteiger partial charge on any atom is -0.367 e. The molecule has 1 amide bonds. The van der Waals surface area contributed by atoms with E-state index in [4.69, 9.17) is 9.26 Å². The number of benzene rings is 3. The molecular formula is C27H26N4O5. The lowest BCUT2D eigenvalue weighted by Crippen LogP contribution is -2.37. The van der Waals surface area contributed by atoms with Gasteiger partial charge in [0.15, 0.2) is 0 Å². The molecule has 36 heavy (non-hydrogen) atoms. The first-order valence-electron chi connectivity index (χ1n) is 11.5. The van der Waals surface area contributed by atoms with E-state index in [0.29, 0.717) is 36.9 Å². The number of non-ortho nitro benzene ring substituents is 1. The van der Waals surface area contributed by atoms with E-state index in [1.54, 1.807) is 17.0 Å². The van der Waals surface area contributed by atoms with Gasteiger partial charge in [0.2, 0.25) is 17.6 Å². The lowest BCUT2D eigenvalue weighted by atomic mass is 10.1. The fourth-order valence-electron chi connectivity index (χ4n) is 3.78. The van der Waals surface area contributed by atoms with Crippen LogP contribution in [0.3, 0.4) is 0 Å². The van der Waals surface area contributed by atoms with Crippen LogP contribution in [-0.2, 0) is 22.6 Å². The Morgan fingerprint density at radius 2 is 1.69 bits per heavy atom. The minimum absolute atomic E-state index is 0.0130. The van der Waals surface area contributed by atoms with E-state index in [0.717, 1.165) is 11.1 Å². The maximum Gasteiger partial charge on any atom is 0.269 e. The summed E-state index contributed by atoms with van der Waals surface area (Å²) >= 11 is 0. The SMILES string of the molecule is C[C@H](c1ccccc1)N(CCc1nc(-c2ccc([N+](=O)[O-])cc2)no1)C(=O)COCc1ccccc1. The Kier molecular flexibility index (Phi) is 8.15. The van der Waals surface area contributed by atoms with E-state index in [-0.39, 0.29) is 24.2 Å². The van der Waals surface area contributed by atoms with Gasteiger partial charge in [0.25, 0.3) is 5.69 Å². The molecule has 0 aliphatic rings. The summed E-state index contributed by atoms with van der Waals surface area (Å²) in [4.78, 5) is 29.7. The lowest BCUT2D eigenvalue weighted by molar-refractivity contribution is -0.384. The first-order chi connectivity index (χ1) is 17.5. The highest BCUT2D eigenvalue weighted by molar-refractivity contribution is 5.78. The van der Waals surface area contributed by atoms with Crippen LogP contribution in [0, 0.1) is 10.1 Å². The van der Waals surface area contributed by atoms with Crippen molar-refractivity contribution in [3.05, 3.63) is 112 Å². The number of hydrogen-bond acceptors (Lipinski definition) is 7. The van der Waals surface area contributed by atoms with Crippen molar-refractivity contribution >= 4 is 11.6 Å². The molecule has 1 heterocycles. The average molecular weight is 487 g/mol. The Labute approximate surface area is 208 Å². The van der Waals surface area contributed by atoms with Gasteiger partial charge in [0.05, 0.1) is 17.6 Å². The monoisotopic (exact) mass is 486 g/mol. The Bertz CT molecular complexity index is 1280. The molecule has 0 aliphatic heterocycles. The number of hydrogen-bond donors (Lipinski definition) is 0. The van der Waals surface area contributed by atoms with Gasteiger partial charge in [-0.2, -0.15) is 4.98 Å². The zero-order chi connectivity index (χ0) is 25.3. The van der Waals surface area contributed by atoms with Crippen LogP contribution in [0.4, 0.5) is 5.69 Å². The van der Waals surface area contributed by atoms with Crippen LogP contribution in [0.15, 0.2) is 89.5 Å². The fraction of sp³-hybridized carbons (Fsp3) is 0.222. The van der Waals surface area contributed by atoms with Gasteiger partial charge in [-0.25, -0.2) is 0 Å². The number of rotatable bonds is 11. The molecular weight excluding hydrogens is 460 g/mol. The van der Waals surface area contributed by atoms with Crippen molar-refractivity contribution in [3.63, 3.8) is 0 Å². The molecule has 0 radical (unpaired) electrons. The highest BCUT2D eigenvalue weighted by Gasteiger charge is 2.23. The van der Waals surface area contributed by atoms with Crippen molar-refractivity contribution in [1.82, 2.24) is 15.0 Å². The van der Waals surface area contributed by atoms with Crippen LogP contribution >= 0.6 is 0 Å². The second-order valence-electron chi connectivity index (χ2n) is 8.22. The zero-order valence-corrected chi connectivity index (χ0v) is 19.8. The Hall–Kier alpha value is -4.37. The third kappa shape index (κ3) is 6.39. The number of carbonyl (C=O) groups is 1. The van der Waals surface area contributed by atoms with E-state index < -0.39 is 4.92 Å². The van der Waals surface area contributed by atoms with Gasteiger partial charge in [0, 0.05) is 30.7 Å².